The van der Waals surface area contributed by atoms with Crippen LogP contribution in [0.25, 0.3) is 11.0 Å². The smallest absolute Gasteiger partial charge is 0.339 e. The van der Waals surface area contributed by atoms with Crippen molar-refractivity contribution in [2.24, 2.45) is 0 Å². The number of alkyl halides is 3. The Labute approximate surface area is 171 Å². The van der Waals surface area contributed by atoms with Crippen LogP contribution in [0.2, 0.25) is 0 Å². The molecule has 0 spiro atoms. The highest BCUT2D eigenvalue weighted by molar-refractivity contribution is 5.96. The van der Waals surface area contributed by atoms with Gasteiger partial charge in [0.15, 0.2) is 0 Å². The quantitative estimate of drug-likeness (QED) is 0.653. The lowest BCUT2D eigenvalue weighted by Gasteiger charge is -2.18. The third-order valence-corrected chi connectivity index (χ3v) is 4.68. The predicted octanol–water partition coefficient (Wildman–Crippen LogP) is 4.18. The molecule has 0 unspecified atom stereocenters. The zero-order valence-corrected chi connectivity index (χ0v) is 16.5. The highest BCUT2D eigenvalue weighted by Gasteiger charge is 2.38. The normalized spacial score (nSPS) is 11.5. The fourth-order valence-corrected chi connectivity index (χ4v) is 3.19. The van der Waals surface area contributed by atoms with Gasteiger partial charge in [-0.1, -0.05) is 12.1 Å². The summed E-state index contributed by atoms with van der Waals surface area (Å²) in [6.45, 7) is 4.37. The van der Waals surface area contributed by atoms with Gasteiger partial charge in [-0.05, 0) is 50.2 Å². The maximum absolute atomic E-state index is 13.4. The lowest BCUT2D eigenvalue weighted by Crippen LogP contribution is -2.30. The first-order valence-corrected chi connectivity index (χ1v) is 9.46. The topological polar surface area (TPSA) is 67.2 Å². The summed E-state index contributed by atoms with van der Waals surface area (Å²) in [5.74, 6) is -1.89. The molecule has 3 aromatic rings. The van der Waals surface area contributed by atoms with Crippen LogP contribution in [0.15, 0.2) is 48.5 Å². The van der Waals surface area contributed by atoms with Gasteiger partial charge in [0.1, 0.15) is 6.54 Å². The molecule has 1 aromatic heterocycles. The number of carbonyl (C=O) groups is 2. The van der Waals surface area contributed by atoms with Crippen molar-refractivity contribution in [2.45, 2.75) is 26.6 Å². The maximum atomic E-state index is 13.4. The van der Waals surface area contributed by atoms with E-state index in [0.717, 1.165) is 4.57 Å². The Hall–Kier alpha value is -3.36. The summed E-state index contributed by atoms with van der Waals surface area (Å²) in [6, 6.07) is 12.4. The van der Waals surface area contributed by atoms with Gasteiger partial charge in [0, 0.05) is 24.3 Å². The van der Waals surface area contributed by atoms with E-state index >= 15 is 0 Å². The van der Waals surface area contributed by atoms with Crippen LogP contribution in [0, 0.1) is 0 Å². The summed E-state index contributed by atoms with van der Waals surface area (Å²) in [7, 11) is 0. The average Bonchev–Trinajstić information content (AvgIpc) is 3.08. The van der Waals surface area contributed by atoms with Crippen molar-refractivity contribution in [1.29, 1.82) is 0 Å². The second-order valence-electron chi connectivity index (χ2n) is 6.61. The van der Waals surface area contributed by atoms with Crippen LogP contribution in [0.3, 0.4) is 0 Å². The number of aromatic nitrogens is 2. The van der Waals surface area contributed by atoms with E-state index in [1.54, 1.807) is 41.3 Å². The Balaban J connectivity index is 1.77. The standard InChI is InChI=1S/C21H21F3N4O2/c1-3-27(4-2)19(30)14-9-11-15(12-10-14)25-18(29)13-28-17-8-6-5-7-16(17)26-20(28)21(22,23)24/h5-12H,3-4,13H2,1-2H3,(H,25,29). The minimum absolute atomic E-state index is 0.127. The molecule has 0 saturated carbocycles. The molecule has 6 nitrogen and oxygen atoms in total. The minimum Gasteiger partial charge on any atom is -0.339 e. The first kappa shape index (κ1) is 21.4. The van der Waals surface area contributed by atoms with Gasteiger partial charge >= 0.3 is 6.18 Å². The van der Waals surface area contributed by atoms with Crippen molar-refractivity contribution in [3.05, 3.63) is 59.9 Å². The number of fused-ring (bicyclic) bond motifs is 1. The number of para-hydroxylation sites is 2. The second-order valence-corrected chi connectivity index (χ2v) is 6.61. The zero-order chi connectivity index (χ0) is 21.9. The molecule has 1 heterocycles. The van der Waals surface area contributed by atoms with E-state index in [9.17, 15) is 22.8 Å². The summed E-state index contributed by atoms with van der Waals surface area (Å²) in [6.07, 6.45) is -4.69. The maximum Gasteiger partial charge on any atom is 0.449 e. The first-order valence-electron chi connectivity index (χ1n) is 9.46. The van der Waals surface area contributed by atoms with Gasteiger partial charge in [0.25, 0.3) is 5.91 Å². The van der Waals surface area contributed by atoms with E-state index in [1.165, 1.54) is 12.1 Å². The molecule has 0 bridgehead atoms. The molecule has 2 amide bonds. The number of hydrogen-bond acceptors (Lipinski definition) is 3. The largest absolute Gasteiger partial charge is 0.449 e. The third kappa shape index (κ3) is 4.45. The lowest BCUT2D eigenvalue weighted by molar-refractivity contribution is -0.147. The third-order valence-electron chi connectivity index (χ3n) is 4.68. The molecule has 0 fully saturated rings. The summed E-state index contributed by atoms with van der Waals surface area (Å²) in [4.78, 5) is 30.0. The number of nitrogens with zero attached hydrogens (tertiary/aromatic N) is 3. The van der Waals surface area contributed by atoms with Crippen LogP contribution in [0.5, 0.6) is 0 Å². The molecule has 0 saturated heterocycles. The molecule has 158 valence electrons. The molecule has 0 aliphatic rings. The van der Waals surface area contributed by atoms with E-state index in [-0.39, 0.29) is 16.9 Å². The van der Waals surface area contributed by atoms with Crippen molar-refractivity contribution in [3.8, 4) is 0 Å². The van der Waals surface area contributed by atoms with Crippen LogP contribution in [0.1, 0.15) is 30.0 Å². The molecule has 3 rings (SSSR count). The number of imidazole rings is 1. The fraction of sp³-hybridized carbons (Fsp3) is 0.286. The number of rotatable bonds is 6. The SMILES string of the molecule is CCN(CC)C(=O)c1ccc(NC(=O)Cn2c(C(F)(F)F)nc3ccccc32)cc1. The summed E-state index contributed by atoms with van der Waals surface area (Å²) in [5, 5.41) is 2.57. The van der Waals surface area contributed by atoms with Crippen LogP contribution >= 0.6 is 0 Å². The molecule has 30 heavy (non-hydrogen) atoms. The molecule has 0 aliphatic heterocycles. The molecule has 0 radical (unpaired) electrons. The van der Waals surface area contributed by atoms with Gasteiger partial charge in [-0.25, -0.2) is 4.98 Å². The Morgan fingerprint density at radius 2 is 1.67 bits per heavy atom. The summed E-state index contributed by atoms with van der Waals surface area (Å²) in [5.41, 5.74) is 1.24. The van der Waals surface area contributed by atoms with Crippen molar-refractivity contribution in [3.63, 3.8) is 0 Å². The predicted molar refractivity (Wildman–Crippen MR) is 107 cm³/mol. The Bertz CT molecular complexity index is 1050. The van der Waals surface area contributed by atoms with Crippen LogP contribution in [-0.4, -0.2) is 39.4 Å². The fourth-order valence-electron chi connectivity index (χ4n) is 3.19. The number of anilines is 1. The lowest BCUT2D eigenvalue weighted by atomic mass is 10.1. The number of benzene rings is 2. The monoisotopic (exact) mass is 418 g/mol. The zero-order valence-electron chi connectivity index (χ0n) is 16.5. The first-order chi connectivity index (χ1) is 14.2. The average molecular weight is 418 g/mol. The number of carbonyl (C=O) groups excluding carboxylic acids is 2. The van der Waals surface area contributed by atoms with Crippen LogP contribution in [0.4, 0.5) is 18.9 Å². The van der Waals surface area contributed by atoms with Crippen molar-refractivity contribution in [1.82, 2.24) is 14.5 Å². The number of nitrogens with one attached hydrogen (secondary N) is 1. The van der Waals surface area contributed by atoms with Crippen molar-refractivity contribution >= 4 is 28.5 Å². The van der Waals surface area contributed by atoms with Gasteiger partial charge in [0.2, 0.25) is 11.7 Å². The van der Waals surface area contributed by atoms with Gasteiger partial charge in [0.05, 0.1) is 11.0 Å². The van der Waals surface area contributed by atoms with Gasteiger partial charge in [-0.15, -0.1) is 0 Å². The van der Waals surface area contributed by atoms with E-state index in [2.05, 4.69) is 10.3 Å². The summed E-state index contributed by atoms with van der Waals surface area (Å²) >= 11 is 0. The Morgan fingerprint density at radius 3 is 2.27 bits per heavy atom. The number of amides is 2. The molecular formula is C21H21F3N4O2. The molecule has 9 heteroatoms. The molecular weight excluding hydrogens is 397 g/mol. The molecule has 1 N–H and O–H groups in total. The second kappa shape index (κ2) is 8.56. The van der Waals surface area contributed by atoms with Gasteiger partial charge in [-0.3, -0.25) is 9.59 Å². The van der Waals surface area contributed by atoms with Crippen LogP contribution < -0.4 is 5.32 Å². The Kier molecular flexibility index (Phi) is 6.09. The van der Waals surface area contributed by atoms with E-state index in [4.69, 9.17) is 0 Å². The number of halogens is 3. The molecule has 0 atom stereocenters. The minimum atomic E-state index is -4.69. The van der Waals surface area contributed by atoms with E-state index < -0.39 is 24.5 Å². The van der Waals surface area contributed by atoms with Gasteiger partial charge < -0.3 is 14.8 Å². The number of hydrogen-bond donors (Lipinski definition) is 1. The molecule has 2 aromatic carbocycles. The van der Waals surface area contributed by atoms with Crippen LogP contribution in [-0.2, 0) is 17.5 Å². The highest BCUT2D eigenvalue weighted by atomic mass is 19.4. The van der Waals surface area contributed by atoms with Crippen molar-refractivity contribution < 1.29 is 22.8 Å². The highest BCUT2D eigenvalue weighted by Crippen LogP contribution is 2.31. The van der Waals surface area contributed by atoms with E-state index in [1.807, 2.05) is 13.8 Å². The van der Waals surface area contributed by atoms with E-state index in [0.29, 0.717) is 24.3 Å². The van der Waals surface area contributed by atoms with Gasteiger partial charge in [-0.2, -0.15) is 13.2 Å². The summed E-state index contributed by atoms with van der Waals surface area (Å²) < 4.78 is 40.9. The van der Waals surface area contributed by atoms with Crippen molar-refractivity contribution in [2.75, 3.05) is 18.4 Å². The Morgan fingerprint density at radius 1 is 1.03 bits per heavy atom. The molecule has 0 aliphatic carbocycles.